The predicted molar refractivity (Wildman–Crippen MR) is 49.0 cm³/mol. The Morgan fingerprint density at radius 2 is 1.93 bits per heavy atom. The molecule has 1 aromatic rings. The summed E-state index contributed by atoms with van der Waals surface area (Å²) in [7, 11) is 0. The largest absolute Gasteiger partial charge is 0.480 e. The van der Waals surface area contributed by atoms with E-state index in [0.717, 1.165) is 17.4 Å². The minimum Gasteiger partial charge on any atom is -0.480 e. The molecular weight excluding hydrogens is 226 g/mol. The van der Waals surface area contributed by atoms with Crippen LogP contribution >= 0.6 is 11.3 Å². The van der Waals surface area contributed by atoms with E-state index in [-0.39, 0.29) is 4.88 Å². The van der Waals surface area contributed by atoms with Gasteiger partial charge in [0.05, 0.1) is 4.92 Å². The van der Waals surface area contributed by atoms with E-state index in [2.05, 4.69) is 0 Å². The summed E-state index contributed by atoms with van der Waals surface area (Å²) in [6, 6.07) is 1.08. The first kappa shape index (κ1) is 11.1. The molecule has 0 saturated heterocycles. The fraction of sp³-hybridized carbons (Fsp3) is 0.143. The first-order valence-electron chi connectivity index (χ1n) is 3.62. The monoisotopic (exact) mass is 231 g/mol. The molecule has 2 N–H and O–H groups in total. The van der Waals surface area contributed by atoms with Crippen LogP contribution in [0.1, 0.15) is 10.8 Å². The Morgan fingerprint density at radius 3 is 2.33 bits per heavy atom. The molecule has 7 nitrogen and oxygen atoms in total. The van der Waals surface area contributed by atoms with Gasteiger partial charge in [-0.05, 0) is 5.38 Å². The van der Waals surface area contributed by atoms with Gasteiger partial charge in [-0.2, -0.15) is 0 Å². The summed E-state index contributed by atoms with van der Waals surface area (Å²) in [4.78, 5) is 30.6. The number of nitro groups is 1. The molecule has 0 fully saturated rings. The minimum absolute atomic E-state index is 0.278. The molecule has 0 saturated carbocycles. The number of aliphatic carboxylic acids is 2. The molecule has 0 spiro atoms. The van der Waals surface area contributed by atoms with E-state index in [1.807, 2.05) is 0 Å². The smallest absolute Gasteiger partial charge is 0.323 e. The zero-order valence-electron chi connectivity index (χ0n) is 7.11. The first-order valence-corrected chi connectivity index (χ1v) is 4.50. The first-order chi connectivity index (χ1) is 6.95. The van der Waals surface area contributed by atoms with E-state index >= 15 is 0 Å². The normalized spacial score (nSPS) is 10.2. The van der Waals surface area contributed by atoms with E-state index in [9.17, 15) is 19.7 Å². The minimum atomic E-state index is -1.88. The molecule has 0 amide bonds. The molecule has 8 heteroatoms. The highest BCUT2D eigenvalue weighted by Crippen LogP contribution is 2.32. The number of thiophene rings is 1. The Labute approximate surface area is 86.7 Å². The summed E-state index contributed by atoms with van der Waals surface area (Å²) in [5, 5.41) is 29.0. The molecule has 0 aliphatic rings. The predicted octanol–water partition coefficient (Wildman–Crippen LogP) is 0.909. The van der Waals surface area contributed by atoms with Crippen molar-refractivity contribution in [1.29, 1.82) is 0 Å². The third kappa shape index (κ3) is 2.10. The van der Waals surface area contributed by atoms with E-state index in [1.54, 1.807) is 0 Å². The lowest BCUT2D eigenvalue weighted by molar-refractivity contribution is -0.385. The second-order valence-corrected chi connectivity index (χ2v) is 3.48. The van der Waals surface area contributed by atoms with Gasteiger partial charge in [0.2, 0.25) is 0 Å². The average molecular weight is 231 g/mol. The van der Waals surface area contributed by atoms with Crippen LogP contribution in [0.3, 0.4) is 0 Å². The van der Waals surface area contributed by atoms with Crippen molar-refractivity contribution in [2.75, 3.05) is 0 Å². The molecule has 0 aliphatic heterocycles. The van der Waals surface area contributed by atoms with Gasteiger partial charge >= 0.3 is 11.9 Å². The zero-order chi connectivity index (χ0) is 11.6. The third-order valence-electron chi connectivity index (χ3n) is 1.63. The fourth-order valence-corrected chi connectivity index (χ4v) is 1.96. The van der Waals surface area contributed by atoms with Crippen LogP contribution in [0.4, 0.5) is 5.69 Å². The Morgan fingerprint density at radius 1 is 1.40 bits per heavy atom. The molecule has 0 atom stereocenters. The number of rotatable bonds is 4. The second-order valence-electron chi connectivity index (χ2n) is 2.54. The van der Waals surface area contributed by atoms with Crippen LogP contribution in [-0.4, -0.2) is 27.1 Å². The van der Waals surface area contributed by atoms with Gasteiger partial charge in [-0.1, -0.05) is 0 Å². The standard InChI is InChI=1S/C7H5NO6S/c9-6(10)4(7(11)12)5-3(8(13)14)1-2-15-5/h1-2,4H,(H,9,10)(H,11,12). The van der Waals surface area contributed by atoms with Crippen molar-refractivity contribution in [2.24, 2.45) is 0 Å². The van der Waals surface area contributed by atoms with Crippen molar-refractivity contribution in [3.63, 3.8) is 0 Å². The molecule has 0 aliphatic carbocycles. The molecule has 1 rings (SSSR count). The van der Waals surface area contributed by atoms with Gasteiger partial charge in [-0.25, -0.2) is 0 Å². The summed E-state index contributed by atoms with van der Waals surface area (Å²) in [6.45, 7) is 0. The van der Waals surface area contributed by atoms with Crippen LogP contribution in [0.15, 0.2) is 11.4 Å². The average Bonchev–Trinajstić information content (AvgIpc) is 2.51. The van der Waals surface area contributed by atoms with Crippen LogP contribution < -0.4 is 0 Å². The molecule has 0 bridgehead atoms. The van der Waals surface area contributed by atoms with Gasteiger partial charge in [-0.15, -0.1) is 11.3 Å². The molecule has 15 heavy (non-hydrogen) atoms. The van der Waals surface area contributed by atoms with Crippen LogP contribution in [0.25, 0.3) is 0 Å². The van der Waals surface area contributed by atoms with Crippen LogP contribution in [0, 0.1) is 10.1 Å². The van der Waals surface area contributed by atoms with E-state index in [0.29, 0.717) is 0 Å². The van der Waals surface area contributed by atoms with Crippen molar-refractivity contribution in [1.82, 2.24) is 0 Å². The summed E-state index contributed by atoms with van der Waals surface area (Å²) < 4.78 is 0. The summed E-state index contributed by atoms with van der Waals surface area (Å²) in [6.07, 6.45) is 0. The molecule has 1 heterocycles. The number of hydrogen-bond donors (Lipinski definition) is 2. The van der Waals surface area contributed by atoms with Crippen molar-refractivity contribution >= 4 is 29.0 Å². The lowest BCUT2D eigenvalue weighted by Gasteiger charge is -2.03. The molecular formula is C7H5NO6S. The van der Waals surface area contributed by atoms with Gasteiger partial charge in [0.15, 0.2) is 5.92 Å². The Kier molecular flexibility index (Phi) is 3.00. The summed E-state index contributed by atoms with van der Waals surface area (Å²) in [5.41, 5.74) is -0.477. The van der Waals surface area contributed by atoms with Crippen molar-refractivity contribution in [2.45, 2.75) is 5.92 Å². The van der Waals surface area contributed by atoms with Gasteiger partial charge < -0.3 is 10.2 Å². The Hall–Kier alpha value is -1.96. The molecule has 0 unspecified atom stereocenters. The lowest BCUT2D eigenvalue weighted by atomic mass is 10.1. The summed E-state index contributed by atoms with van der Waals surface area (Å²) in [5.74, 6) is -5.12. The van der Waals surface area contributed by atoms with Crippen molar-refractivity contribution in [3.8, 4) is 0 Å². The van der Waals surface area contributed by atoms with Crippen LogP contribution in [0.5, 0.6) is 0 Å². The maximum Gasteiger partial charge on any atom is 0.323 e. The van der Waals surface area contributed by atoms with Crippen molar-refractivity contribution in [3.05, 3.63) is 26.4 Å². The fourth-order valence-electron chi connectivity index (χ4n) is 1.01. The van der Waals surface area contributed by atoms with Gasteiger partial charge in [0.25, 0.3) is 5.69 Å². The second kappa shape index (κ2) is 4.05. The van der Waals surface area contributed by atoms with E-state index in [1.165, 1.54) is 5.38 Å². The van der Waals surface area contributed by atoms with Gasteiger partial charge in [0, 0.05) is 6.07 Å². The lowest BCUT2D eigenvalue weighted by Crippen LogP contribution is -2.20. The number of nitrogens with zero attached hydrogens (tertiary/aromatic N) is 1. The van der Waals surface area contributed by atoms with E-state index < -0.39 is 28.5 Å². The maximum absolute atomic E-state index is 10.6. The quantitative estimate of drug-likeness (QED) is 0.451. The molecule has 1 aromatic heterocycles. The molecule has 0 radical (unpaired) electrons. The highest BCUT2D eigenvalue weighted by Gasteiger charge is 2.35. The topological polar surface area (TPSA) is 118 Å². The number of carbonyl (C=O) groups is 2. The Bertz CT molecular complexity index is 411. The molecule has 80 valence electrons. The van der Waals surface area contributed by atoms with Crippen LogP contribution in [-0.2, 0) is 9.59 Å². The maximum atomic E-state index is 10.6. The van der Waals surface area contributed by atoms with Gasteiger partial charge in [0.1, 0.15) is 4.88 Å². The number of carboxylic acids is 2. The third-order valence-corrected chi connectivity index (χ3v) is 2.60. The Balaban J connectivity index is 3.23. The van der Waals surface area contributed by atoms with Crippen molar-refractivity contribution < 1.29 is 24.7 Å². The SMILES string of the molecule is O=C(O)C(C(=O)O)c1sccc1[N+](=O)[O-]. The number of carboxylic acid groups (broad SMARTS) is 2. The zero-order valence-corrected chi connectivity index (χ0v) is 7.93. The highest BCUT2D eigenvalue weighted by atomic mass is 32.1. The van der Waals surface area contributed by atoms with Gasteiger partial charge in [-0.3, -0.25) is 19.7 Å². The van der Waals surface area contributed by atoms with Crippen LogP contribution in [0.2, 0.25) is 0 Å². The molecule has 0 aromatic carbocycles. The summed E-state index contributed by atoms with van der Waals surface area (Å²) >= 11 is 0.739. The van der Waals surface area contributed by atoms with E-state index in [4.69, 9.17) is 10.2 Å². The number of hydrogen-bond acceptors (Lipinski definition) is 5. The highest BCUT2D eigenvalue weighted by molar-refractivity contribution is 7.10.